The summed E-state index contributed by atoms with van der Waals surface area (Å²) in [5.41, 5.74) is 0. The van der Waals surface area contributed by atoms with Gasteiger partial charge in [0.05, 0.1) is 24.4 Å². The molecule has 8 atom stereocenters. The summed E-state index contributed by atoms with van der Waals surface area (Å²) in [6, 6.07) is 0. The summed E-state index contributed by atoms with van der Waals surface area (Å²) in [7, 11) is -5.61. The molecule has 328 valence electrons. The van der Waals surface area contributed by atoms with Crippen molar-refractivity contribution in [3.8, 4) is 0 Å². The highest BCUT2D eigenvalue weighted by molar-refractivity contribution is 7.80. The Hall–Kier alpha value is -1.40. The van der Waals surface area contributed by atoms with Crippen molar-refractivity contribution in [2.45, 2.75) is 213 Å². The van der Waals surface area contributed by atoms with Crippen LogP contribution in [0.15, 0.2) is 18.7 Å². The van der Waals surface area contributed by atoms with E-state index in [1.807, 2.05) is 13.8 Å². The number of carbonyl (C=O) groups is 3. The van der Waals surface area contributed by atoms with Gasteiger partial charge in [-0.15, -0.1) is 0 Å². The van der Waals surface area contributed by atoms with Crippen LogP contribution in [0, 0.1) is 17.8 Å². The molecule has 3 saturated carbocycles. The Morgan fingerprint density at radius 1 is 0.684 bits per heavy atom. The van der Waals surface area contributed by atoms with Crippen LogP contribution in [0.5, 0.6) is 0 Å². The fraction of sp³-hybridized carbons (Fsp3) is 0.837. The lowest BCUT2D eigenvalue weighted by atomic mass is 9.85. The van der Waals surface area contributed by atoms with Gasteiger partial charge in [0.15, 0.2) is 25.0 Å². The number of ketones is 3. The van der Waals surface area contributed by atoms with Crippen LogP contribution < -0.4 is 0 Å². The van der Waals surface area contributed by atoms with Crippen molar-refractivity contribution in [1.29, 1.82) is 0 Å². The van der Waals surface area contributed by atoms with E-state index in [2.05, 4.69) is 114 Å². The zero-order chi connectivity index (χ0) is 44.1. The van der Waals surface area contributed by atoms with Crippen molar-refractivity contribution >= 4 is 59.7 Å². The van der Waals surface area contributed by atoms with Crippen molar-refractivity contribution in [3.63, 3.8) is 0 Å². The molecule has 10 nitrogen and oxygen atoms in total. The number of aliphatic hydroxyl groups excluding tert-OH is 1. The Labute approximate surface area is 354 Å². The molecule has 1 N–H and O–H groups in total. The molecule has 0 aromatic carbocycles. The van der Waals surface area contributed by atoms with Gasteiger partial charge in [0, 0.05) is 56.8 Å². The minimum absolute atomic E-state index is 0.0195. The van der Waals surface area contributed by atoms with Gasteiger partial charge in [0.2, 0.25) is 0 Å². The first-order valence-electron chi connectivity index (χ1n) is 21.1. The number of hydrogen-bond acceptors (Lipinski definition) is 10. The molecule has 3 aliphatic rings. The van der Waals surface area contributed by atoms with E-state index in [-0.39, 0.29) is 62.9 Å². The maximum absolute atomic E-state index is 12.1. The standard InChI is InChI=1S/C17H28N2O3SSi.C13H26O3Si.C13H26O2Si/c1-12-9-13(20)10-14(22-24(5,6)17(2,3)4)15(12)21-16(23)19-8-7-18-11-19;1-9-7-10(14)8-11(12(9)15)16-17(5,6)13(2,3)4;1-10-7-11(14)9-12(8-10)15-16(5,6)13(2,3)4/h7-8,11-12,14-15H,9-10H2,1-6H3;9,11-12,15H,7-8H2,1-6H3;10,12H,7-9H2,1-6H3/t12-,14-,15+;9-,11-,12+;10-,12+/m111/s1. The topological polar surface area (TPSA) is 126 Å². The summed E-state index contributed by atoms with van der Waals surface area (Å²) < 4.78 is 26.7. The molecule has 1 heterocycles. The van der Waals surface area contributed by atoms with Crippen LogP contribution in [0.3, 0.4) is 0 Å². The molecule has 57 heavy (non-hydrogen) atoms. The van der Waals surface area contributed by atoms with Crippen molar-refractivity contribution in [2.75, 3.05) is 0 Å². The molecule has 0 bridgehead atoms. The SMILES string of the molecule is C[C@@H]1CC(=O)C[C@@H](O[Si](C)(C)C(C)(C)C)C1.C[C@@H]1CC(=O)C[C@@H](O[Si](C)(C)C(C)(C)C)[C@H]1O.C[C@@H]1CC(=O)C[C@@H](O[Si](C)(C)C(C)(C)C)[C@H]1OC(=S)n1ccnc1. The average molecular weight is 869 g/mol. The third kappa shape index (κ3) is 15.2. The number of hydrogen-bond donors (Lipinski definition) is 1. The predicted octanol–water partition coefficient (Wildman–Crippen LogP) is 10.3. The molecule has 14 heteroatoms. The first-order chi connectivity index (χ1) is 25.7. The highest BCUT2D eigenvalue weighted by atomic mass is 32.1. The van der Waals surface area contributed by atoms with Crippen LogP contribution in [0.4, 0.5) is 0 Å². The number of carbonyl (C=O) groups excluding carboxylic acids is 3. The lowest BCUT2D eigenvalue weighted by molar-refractivity contribution is -0.131. The third-order valence-corrected chi connectivity index (χ3v) is 27.1. The molecule has 0 unspecified atom stereocenters. The lowest BCUT2D eigenvalue weighted by Gasteiger charge is -2.44. The fourth-order valence-electron chi connectivity index (χ4n) is 6.63. The molecule has 0 spiro atoms. The van der Waals surface area contributed by atoms with Gasteiger partial charge in [-0.25, -0.2) is 4.98 Å². The monoisotopic (exact) mass is 868 g/mol. The zero-order valence-corrected chi connectivity index (χ0v) is 42.7. The van der Waals surface area contributed by atoms with Crippen LogP contribution in [0.1, 0.15) is 128 Å². The molecular weight excluding hydrogens is 789 g/mol. The van der Waals surface area contributed by atoms with E-state index in [1.54, 1.807) is 23.3 Å². The van der Waals surface area contributed by atoms with Crippen molar-refractivity contribution in [1.82, 2.24) is 9.55 Å². The quantitative estimate of drug-likeness (QED) is 0.209. The van der Waals surface area contributed by atoms with E-state index < -0.39 is 31.1 Å². The van der Waals surface area contributed by atoms with E-state index in [4.69, 9.17) is 30.2 Å². The lowest BCUT2D eigenvalue weighted by Crippen LogP contribution is -2.52. The summed E-state index contributed by atoms with van der Waals surface area (Å²) in [6.45, 7) is 39.1. The van der Waals surface area contributed by atoms with Crippen LogP contribution >= 0.6 is 12.2 Å². The Balaban J connectivity index is 0.000000304. The summed E-state index contributed by atoms with van der Waals surface area (Å²) in [5, 5.41) is 10.9. The van der Waals surface area contributed by atoms with Gasteiger partial charge in [-0.05, 0) is 84.9 Å². The summed E-state index contributed by atoms with van der Waals surface area (Å²) in [5.74, 6) is 1.41. The van der Waals surface area contributed by atoms with Gasteiger partial charge in [0.25, 0.3) is 5.17 Å². The van der Waals surface area contributed by atoms with Gasteiger partial charge in [-0.2, -0.15) is 0 Å². The van der Waals surface area contributed by atoms with Crippen molar-refractivity contribution < 1.29 is 37.5 Å². The molecule has 0 aliphatic heterocycles. The number of nitrogens with zero attached hydrogens (tertiary/aromatic N) is 2. The van der Waals surface area contributed by atoms with Gasteiger partial charge >= 0.3 is 0 Å². The second kappa shape index (κ2) is 20.0. The van der Waals surface area contributed by atoms with E-state index in [0.717, 1.165) is 12.8 Å². The Morgan fingerprint density at radius 3 is 1.58 bits per heavy atom. The van der Waals surface area contributed by atoms with Crippen molar-refractivity contribution in [2.24, 2.45) is 17.8 Å². The number of Topliss-reactive ketones (excluding diaryl/α,β-unsaturated/α-hetero) is 3. The van der Waals surface area contributed by atoms with E-state index in [1.165, 1.54) is 0 Å². The number of thiocarbonyl (C=S) groups is 1. The van der Waals surface area contributed by atoms with Crippen molar-refractivity contribution in [3.05, 3.63) is 18.7 Å². The molecule has 1 aromatic heterocycles. The first-order valence-corrected chi connectivity index (χ1v) is 30.3. The second-order valence-corrected chi connectivity index (χ2v) is 36.4. The smallest absolute Gasteiger partial charge is 0.269 e. The normalized spacial score (nSPS) is 28.2. The van der Waals surface area contributed by atoms with Gasteiger partial charge < -0.3 is 23.1 Å². The predicted molar refractivity (Wildman–Crippen MR) is 242 cm³/mol. The number of rotatable bonds is 7. The third-order valence-electron chi connectivity index (χ3n) is 13.3. The first kappa shape index (κ1) is 51.7. The second-order valence-electron chi connectivity index (χ2n) is 21.8. The summed E-state index contributed by atoms with van der Waals surface area (Å²) in [6.07, 6.45) is 8.15. The fourth-order valence-corrected chi connectivity index (χ4v) is 10.9. The van der Waals surface area contributed by atoms with Crippen LogP contribution in [0.2, 0.25) is 54.4 Å². The zero-order valence-electron chi connectivity index (χ0n) is 38.9. The summed E-state index contributed by atoms with van der Waals surface area (Å²) in [4.78, 5) is 39.3. The Morgan fingerprint density at radius 2 is 1.12 bits per heavy atom. The molecule has 1 aromatic rings. The molecule has 4 rings (SSSR count). The highest BCUT2D eigenvalue weighted by Crippen LogP contribution is 2.42. The maximum Gasteiger partial charge on any atom is 0.269 e. The van der Waals surface area contributed by atoms with Crippen LogP contribution in [-0.2, 0) is 32.4 Å². The summed E-state index contributed by atoms with van der Waals surface area (Å²) >= 11 is 5.38. The number of ether oxygens (including phenoxy) is 1. The minimum Gasteiger partial charge on any atom is -0.464 e. The maximum atomic E-state index is 12.1. The average Bonchev–Trinajstić information content (AvgIpc) is 3.55. The molecule has 3 fully saturated rings. The largest absolute Gasteiger partial charge is 0.464 e. The molecule has 0 radical (unpaired) electrons. The Kier molecular flexibility index (Phi) is 18.1. The number of imidazole rings is 1. The molecular formula is C43H80N2O8SSi3. The van der Waals surface area contributed by atoms with E-state index >= 15 is 0 Å². The highest BCUT2D eigenvalue weighted by Gasteiger charge is 2.46. The van der Waals surface area contributed by atoms with E-state index in [9.17, 15) is 19.5 Å². The minimum atomic E-state index is -2.01. The number of aliphatic hydroxyl groups is 1. The van der Waals surface area contributed by atoms with Gasteiger partial charge in [0.1, 0.15) is 29.8 Å². The van der Waals surface area contributed by atoms with Gasteiger partial charge in [-0.3, -0.25) is 19.0 Å². The van der Waals surface area contributed by atoms with Gasteiger partial charge in [-0.1, -0.05) is 83.1 Å². The van der Waals surface area contributed by atoms with Crippen LogP contribution in [0.25, 0.3) is 0 Å². The molecule has 3 aliphatic carbocycles. The molecule has 0 saturated heterocycles. The van der Waals surface area contributed by atoms with Crippen LogP contribution in [-0.4, -0.2) is 92.7 Å². The molecule has 0 amide bonds. The van der Waals surface area contributed by atoms with E-state index in [0.29, 0.717) is 49.0 Å². The number of aromatic nitrogens is 2. The Bertz CT molecular complexity index is 1500.